The van der Waals surface area contributed by atoms with Gasteiger partial charge in [0.2, 0.25) is 0 Å². The van der Waals surface area contributed by atoms with Crippen molar-refractivity contribution in [3.8, 4) is 0 Å². The van der Waals surface area contributed by atoms with Crippen LogP contribution >= 0.6 is 0 Å². The number of aliphatic hydroxyl groups excluding tert-OH is 1. The summed E-state index contributed by atoms with van der Waals surface area (Å²) in [5.41, 5.74) is 0.169. The number of alkyl halides is 3. The molecule has 10 heteroatoms. The largest absolute Gasteiger partial charge is 0.433 e. The van der Waals surface area contributed by atoms with E-state index in [0.717, 1.165) is 12.3 Å². The maximum Gasteiger partial charge on any atom is 0.433 e. The number of nitrogens with zero attached hydrogens (tertiary/aromatic N) is 4. The third kappa shape index (κ3) is 4.31. The average Bonchev–Trinajstić information content (AvgIpc) is 2.91. The summed E-state index contributed by atoms with van der Waals surface area (Å²) in [6.45, 7) is 1.53. The van der Waals surface area contributed by atoms with Crippen molar-refractivity contribution in [1.29, 1.82) is 0 Å². The molecule has 0 radical (unpaired) electrons. The molecule has 2 aromatic rings. The Morgan fingerprint density at radius 3 is 2.75 bits per heavy atom. The fraction of sp³-hybridized carbons (Fsp3) is 0.273. The number of aliphatic hydroxyl groups is 1. The summed E-state index contributed by atoms with van der Waals surface area (Å²) in [5.74, 6) is -0.672. The van der Waals surface area contributed by atoms with Crippen LogP contribution in [-0.4, -0.2) is 39.4 Å². The lowest BCUT2D eigenvalue weighted by Gasteiger charge is -2.27. The van der Waals surface area contributed by atoms with Crippen LogP contribution in [0.15, 0.2) is 69.9 Å². The van der Waals surface area contributed by atoms with E-state index in [0.29, 0.717) is 17.6 Å². The first-order valence-corrected chi connectivity index (χ1v) is 9.86. The maximum absolute atomic E-state index is 14.3. The Bertz CT molecular complexity index is 1150. The Balaban J connectivity index is 1.87. The molecule has 6 nitrogen and oxygen atoms in total. The second-order valence-corrected chi connectivity index (χ2v) is 7.38. The summed E-state index contributed by atoms with van der Waals surface area (Å²) in [5, 5.41) is 12.8. The number of fused-ring (bicyclic) bond motifs is 1. The van der Waals surface area contributed by atoms with Crippen molar-refractivity contribution in [1.82, 2.24) is 9.97 Å². The molecule has 4 rings (SSSR count). The van der Waals surface area contributed by atoms with Crippen LogP contribution in [0.3, 0.4) is 0 Å². The molecule has 2 N–H and O–H groups in total. The van der Waals surface area contributed by atoms with Crippen molar-refractivity contribution in [2.45, 2.75) is 25.6 Å². The third-order valence-corrected chi connectivity index (χ3v) is 5.27. The van der Waals surface area contributed by atoms with Gasteiger partial charge in [-0.3, -0.25) is 9.98 Å². The first kappa shape index (κ1) is 21.8. The fourth-order valence-corrected chi connectivity index (χ4v) is 3.72. The standard InChI is InChI=1S/C22H19F4N5O/c1-12-14-5-2-4-13(11-32)19(14)21(30-16-8-9-27-10-15(16)23)31-20(28-12)17-6-3-7-18(29-17)22(24,25)26/h2-4,6-10,12,14,32H,5,11H2,1H3,(H,27,28,30,31). The lowest BCUT2D eigenvalue weighted by molar-refractivity contribution is -0.141. The van der Waals surface area contributed by atoms with Gasteiger partial charge in [-0.2, -0.15) is 13.2 Å². The zero-order chi connectivity index (χ0) is 22.9. The molecule has 0 aromatic carbocycles. The number of pyridine rings is 2. The van der Waals surface area contributed by atoms with E-state index < -0.39 is 17.7 Å². The maximum atomic E-state index is 14.3. The minimum absolute atomic E-state index is 0.0141. The van der Waals surface area contributed by atoms with E-state index in [1.54, 1.807) is 6.08 Å². The molecular formula is C22H19F4N5O. The summed E-state index contributed by atoms with van der Waals surface area (Å²) < 4.78 is 53.9. The molecule has 32 heavy (non-hydrogen) atoms. The van der Waals surface area contributed by atoms with E-state index >= 15 is 0 Å². The summed E-state index contributed by atoms with van der Waals surface area (Å²) in [6.07, 6.45) is 2.03. The Morgan fingerprint density at radius 2 is 2.03 bits per heavy atom. The average molecular weight is 445 g/mol. The Kier molecular flexibility index (Phi) is 5.88. The molecule has 2 aromatic heterocycles. The van der Waals surface area contributed by atoms with Crippen molar-refractivity contribution < 1.29 is 22.7 Å². The van der Waals surface area contributed by atoms with E-state index in [-0.39, 0.29) is 41.6 Å². The van der Waals surface area contributed by atoms with Gasteiger partial charge < -0.3 is 10.4 Å². The number of aromatic nitrogens is 2. The zero-order valence-corrected chi connectivity index (χ0v) is 16.9. The van der Waals surface area contributed by atoms with E-state index in [2.05, 4.69) is 25.3 Å². The normalized spacial score (nSPS) is 20.9. The minimum atomic E-state index is -4.62. The van der Waals surface area contributed by atoms with E-state index in [1.165, 1.54) is 24.4 Å². The van der Waals surface area contributed by atoms with Crippen molar-refractivity contribution in [2.24, 2.45) is 15.9 Å². The molecule has 0 spiro atoms. The molecule has 1 aliphatic carbocycles. The lowest BCUT2D eigenvalue weighted by atomic mass is 9.82. The van der Waals surface area contributed by atoms with Gasteiger partial charge in [-0.1, -0.05) is 18.2 Å². The molecule has 0 bridgehead atoms. The number of anilines is 1. The number of halogens is 4. The van der Waals surface area contributed by atoms with Crippen LogP contribution in [0.5, 0.6) is 0 Å². The lowest BCUT2D eigenvalue weighted by Crippen LogP contribution is -2.28. The Hall–Kier alpha value is -3.40. The van der Waals surface area contributed by atoms with Crippen molar-refractivity contribution >= 4 is 17.4 Å². The fourth-order valence-electron chi connectivity index (χ4n) is 3.72. The number of allylic oxidation sites excluding steroid dienone is 1. The SMILES string of the molecule is CC1N=C(c2cccc(C(F)(F)F)n2)N=C(Nc2ccncc2F)C2=C(CO)C=CCC21. The monoisotopic (exact) mass is 445 g/mol. The van der Waals surface area contributed by atoms with Gasteiger partial charge in [0.25, 0.3) is 0 Å². The summed E-state index contributed by atoms with van der Waals surface area (Å²) in [7, 11) is 0. The highest BCUT2D eigenvalue weighted by atomic mass is 19.4. The molecule has 2 aliphatic rings. The van der Waals surface area contributed by atoms with Gasteiger partial charge in [-0.15, -0.1) is 0 Å². The minimum Gasteiger partial charge on any atom is -0.392 e. The Morgan fingerprint density at radius 1 is 1.22 bits per heavy atom. The smallest absolute Gasteiger partial charge is 0.392 e. The van der Waals surface area contributed by atoms with Crippen molar-refractivity contribution in [3.05, 3.63) is 77.2 Å². The molecule has 0 fully saturated rings. The number of hydrogen-bond donors (Lipinski definition) is 2. The molecule has 1 aliphatic heterocycles. The van der Waals surface area contributed by atoms with E-state index in [1.807, 2.05) is 13.0 Å². The zero-order valence-electron chi connectivity index (χ0n) is 16.9. The molecule has 0 saturated heterocycles. The molecule has 2 atom stereocenters. The first-order valence-electron chi connectivity index (χ1n) is 9.86. The van der Waals surface area contributed by atoms with Gasteiger partial charge in [0.15, 0.2) is 11.7 Å². The summed E-state index contributed by atoms with van der Waals surface area (Å²) >= 11 is 0. The van der Waals surface area contributed by atoms with Crippen molar-refractivity contribution in [3.63, 3.8) is 0 Å². The number of nitrogens with one attached hydrogen (secondary N) is 1. The van der Waals surface area contributed by atoms with Crippen LogP contribution < -0.4 is 5.32 Å². The molecule has 3 heterocycles. The van der Waals surface area contributed by atoms with Crippen LogP contribution in [-0.2, 0) is 6.18 Å². The summed E-state index contributed by atoms with van der Waals surface area (Å²) in [6, 6.07) is 4.53. The third-order valence-electron chi connectivity index (χ3n) is 5.27. The van der Waals surface area contributed by atoms with Gasteiger partial charge >= 0.3 is 6.18 Å². The van der Waals surface area contributed by atoms with Gasteiger partial charge in [0, 0.05) is 17.7 Å². The number of rotatable bonds is 3. The van der Waals surface area contributed by atoms with Crippen LogP contribution in [0, 0.1) is 11.7 Å². The van der Waals surface area contributed by atoms with Gasteiger partial charge in [0.1, 0.15) is 17.2 Å². The molecule has 0 saturated carbocycles. The first-order chi connectivity index (χ1) is 15.3. The molecule has 166 valence electrons. The highest BCUT2D eigenvalue weighted by Crippen LogP contribution is 2.34. The van der Waals surface area contributed by atoms with E-state index in [4.69, 9.17) is 0 Å². The Labute approximate surface area is 181 Å². The molecular weight excluding hydrogens is 426 g/mol. The quantitative estimate of drug-likeness (QED) is 0.696. The molecule has 2 unspecified atom stereocenters. The highest BCUT2D eigenvalue weighted by molar-refractivity contribution is 6.17. The van der Waals surface area contributed by atoms with Gasteiger partial charge in [-0.25, -0.2) is 14.4 Å². The topological polar surface area (TPSA) is 82.8 Å². The highest BCUT2D eigenvalue weighted by Gasteiger charge is 2.35. The number of hydrogen-bond acceptors (Lipinski definition) is 6. The van der Waals surface area contributed by atoms with Gasteiger partial charge in [-0.05, 0) is 37.1 Å². The number of amidine groups is 2. The second-order valence-electron chi connectivity index (χ2n) is 7.38. The van der Waals surface area contributed by atoms with Crippen LogP contribution in [0.25, 0.3) is 0 Å². The second kappa shape index (κ2) is 8.62. The van der Waals surface area contributed by atoms with Crippen LogP contribution in [0.1, 0.15) is 24.7 Å². The summed E-state index contributed by atoms with van der Waals surface area (Å²) in [4.78, 5) is 16.4. The van der Waals surface area contributed by atoms with Crippen LogP contribution in [0.4, 0.5) is 23.2 Å². The van der Waals surface area contributed by atoms with Gasteiger partial charge in [0.05, 0.1) is 24.5 Å². The van der Waals surface area contributed by atoms with Crippen molar-refractivity contribution in [2.75, 3.05) is 11.9 Å². The van der Waals surface area contributed by atoms with E-state index in [9.17, 15) is 22.7 Å². The molecule has 0 amide bonds. The number of aliphatic imine (C=N–C) groups is 2. The predicted octanol–water partition coefficient (Wildman–Crippen LogP) is 4.16. The van der Waals surface area contributed by atoms with Crippen LogP contribution in [0.2, 0.25) is 0 Å². The predicted molar refractivity (Wildman–Crippen MR) is 112 cm³/mol.